The summed E-state index contributed by atoms with van der Waals surface area (Å²) < 4.78 is 15.2. The molecule has 2 aliphatic rings. The molecule has 5 aromatic rings. The molecule has 0 radical (unpaired) electrons. The number of aryl methyl sites for hydroxylation is 1. The lowest BCUT2D eigenvalue weighted by atomic mass is 9.99. The molecule has 0 bridgehead atoms. The SMILES string of the molecule is O=c1c2ccccc2cc2n1Cc1c-2nc2cc3c(cc2c1CNCCCn1ccnc1)OCO3. The molecule has 0 fully saturated rings. The van der Waals surface area contributed by atoms with Crippen LogP contribution in [0.15, 0.2) is 66.0 Å². The standard InChI is InChI=1S/C27H23N5O3/c33-27-18-5-2-1-4-17(18)10-23-26-21(14-32(23)27)20(13-28-6-3-8-31-9-7-29-15-31)19-11-24-25(35-16-34-24)12-22(19)30-26/h1-2,4-5,7,9-12,15,28H,3,6,8,13-14,16H2. The second-order valence-electron chi connectivity index (χ2n) is 8.98. The lowest BCUT2D eigenvalue weighted by molar-refractivity contribution is 0.174. The molecule has 5 heterocycles. The Morgan fingerprint density at radius 1 is 1.06 bits per heavy atom. The van der Waals surface area contributed by atoms with E-state index in [0.29, 0.717) is 18.8 Å². The van der Waals surface area contributed by atoms with Crippen LogP contribution in [0.25, 0.3) is 33.1 Å². The van der Waals surface area contributed by atoms with Crippen molar-refractivity contribution in [3.63, 3.8) is 0 Å². The van der Waals surface area contributed by atoms with Crippen LogP contribution in [0.3, 0.4) is 0 Å². The monoisotopic (exact) mass is 465 g/mol. The van der Waals surface area contributed by atoms with Crippen LogP contribution < -0.4 is 20.3 Å². The number of hydrogen-bond acceptors (Lipinski definition) is 6. The molecular weight excluding hydrogens is 442 g/mol. The first-order valence-corrected chi connectivity index (χ1v) is 11.8. The van der Waals surface area contributed by atoms with E-state index in [0.717, 1.165) is 69.4 Å². The minimum absolute atomic E-state index is 0.0218. The normalized spacial score (nSPS) is 13.5. The molecule has 3 aromatic heterocycles. The van der Waals surface area contributed by atoms with Gasteiger partial charge in [-0.2, -0.15) is 0 Å². The molecule has 0 unspecified atom stereocenters. The zero-order valence-electron chi connectivity index (χ0n) is 19.0. The highest BCUT2D eigenvalue weighted by Crippen LogP contribution is 2.41. The van der Waals surface area contributed by atoms with Gasteiger partial charge in [0.15, 0.2) is 11.5 Å². The first kappa shape index (κ1) is 20.2. The predicted octanol–water partition coefficient (Wildman–Crippen LogP) is 3.68. The Morgan fingerprint density at radius 3 is 2.83 bits per heavy atom. The third kappa shape index (κ3) is 3.29. The number of aromatic nitrogens is 4. The molecule has 0 saturated heterocycles. The van der Waals surface area contributed by atoms with Crippen molar-refractivity contribution in [1.29, 1.82) is 0 Å². The zero-order valence-corrected chi connectivity index (χ0v) is 19.0. The van der Waals surface area contributed by atoms with Gasteiger partial charge in [-0.25, -0.2) is 9.97 Å². The van der Waals surface area contributed by atoms with Crippen molar-refractivity contribution in [2.24, 2.45) is 0 Å². The van der Waals surface area contributed by atoms with Crippen molar-refractivity contribution in [3.8, 4) is 22.9 Å². The second-order valence-corrected chi connectivity index (χ2v) is 8.98. The largest absolute Gasteiger partial charge is 0.454 e. The van der Waals surface area contributed by atoms with Crippen LogP contribution in [0.4, 0.5) is 0 Å². The Morgan fingerprint density at radius 2 is 1.94 bits per heavy atom. The smallest absolute Gasteiger partial charge is 0.259 e. The van der Waals surface area contributed by atoms with Gasteiger partial charge in [-0.3, -0.25) is 4.79 Å². The minimum Gasteiger partial charge on any atom is -0.454 e. The summed E-state index contributed by atoms with van der Waals surface area (Å²) in [6, 6.07) is 13.8. The minimum atomic E-state index is 0.0218. The van der Waals surface area contributed by atoms with Gasteiger partial charge in [0.2, 0.25) is 6.79 Å². The summed E-state index contributed by atoms with van der Waals surface area (Å²) in [7, 11) is 0. The van der Waals surface area contributed by atoms with Crippen molar-refractivity contribution in [1.82, 2.24) is 24.4 Å². The van der Waals surface area contributed by atoms with Crippen molar-refractivity contribution in [2.75, 3.05) is 13.3 Å². The molecule has 0 atom stereocenters. The highest BCUT2D eigenvalue weighted by molar-refractivity contribution is 5.92. The summed E-state index contributed by atoms with van der Waals surface area (Å²) in [5.74, 6) is 1.44. The lowest BCUT2D eigenvalue weighted by Gasteiger charge is -2.14. The average Bonchev–Trinajstić information content (AvgIpc) is 3.63. The average molecular weight is 466 g/mol. The Bertz CT molecular complexity index is 1660. The highest BCUT2D eigenvalue weighted by Gasteiger charge is 2.28. The van der Waals surface area contributed by atoms with E-state index in [2.05, 4.69) is 20.9 Å². The van der Waals surface area contributed by atoms with Gasteiger partial charge in [-0.1, -0.05) is 18.2 Å². The van der Waals surface area contributed by atoms with Crippen molar-refractivity contribution < 1.29 is 9.47 Å². The maximum absolute atomic E-state index is 13.3. The number of ether oxygens (including phenoxy) is 2. The Kier molecular flexibility index (Phi) is 4.60. The quantitative estimate of drug-likeness (QED) is 0.378. The van der Waals surface area contributed by atoms with Crippen LogP contribution in [0, 0.1) is 0 Å². The van der Waals surface area contributed by atoms with Gasteiger partial charge in [0, 0.05) is 47.9 Å². The third-order valence-corrected chi connectivity index (χ3v) is 6.91. The van der Waals surface area contributed by atoms with E-state index in [4.69, 9.17) is 14.5 Å². The number of imidazole rings is 1. The number of rotatable bonds is 6. The van der Waals surface area contributed by atoms with Crippen LogP contribution >= 0.6 is 0 Å². The number of pyridine rings is 2. The maximum Gasteiger partial charge on any atom is 0.259 e. The molecule has 0 aliphatic carbocycles. The Labute approximate surface area is 200 Å². The van der Waals surface area contributed by atoms with Crippen molar-refractivity contribution in [2.45, 2.75) is 26.1 Å². The molecule has 8 nitrogen and oxygen atoms in total. The van der Waals surface area contributed by atoms with Gasteiger partial charge in [-0.05, 0) is 42.1 Å². The second kappa shape index (κ2) is 7.95. The van der Waals surface area contributed by atoms with Crippen LogP contribution in [-0.2, 0) is 19.6 Å². The number of nitrogens with one attached hydrogen (secondary N) is 1. The molecule has 0 amide bonds. The first-order chi connectivity index (χ1) is 17.3. The molecule has 7 rings (SSSR count). The number of benzene rings is 2. The van der Waals surface area contributed by atoms with Gasteiger partial charge < -0.3 is 23.9 Å². The van der Waals surface area contributed by atoms with E-state index in [1.54, 1.807) is 6.20 Å². The van der Waals surface area contributed by atoms with Crippen LogP contribution in [-0.4, -0.2) is 32.4 Å². The molecule has 174 valence electrons. The van der Waals surface area contributed by atoms with Gasteiger partial charge in [0.05, 0.1) is 29.8 Å². The van der Waals surface area contributed by atoms with Crippen LogP contribution in [0.2, 0.25) is 0 Å². The van der Waals surface area contributed by atoms with E-state index >= 15 is 0 Å². The maximum atomic E-state index is 13.3. The molecular formula is C27H23N5O3. The number of fused-ring (bicyclic) bond motifs is 6. The molecule has 1 N–H and O–H groups in total. The van der Waals surface area contributed by atoms with E-state index in [-0.39, 0.29) is 12.4 Å². The fourth-order valence-corrected chi connectivity index (χ4v) is 5.17. The van der Waals surface area contributed by atoms with E-state index in [1.807, 2.05) is 53.5 Å². The topological polar surface area (TPSA) is 83.2 Å². The van der Waals surface area contributed by atoms with Gasteiger partial charge >= 0.3 is 0 Å². The van der Waals surface area contributed by atoms with Crippen LogP contribution in [0.5, 0.6) is 11.5 Å². The van der Waals surface area contributed by atoms with Gasteiger partial charge in [0.25, 0.3) is 5.56 Å². The number of nitrogens with zero attached hydrogens (tertiary/aromatic N) is 4. The van der Waals surface area contributed by atoms with Crippen LogP contribution in [0.1, 0.15) is 17.5 Å². The molecule has 2 aliphatic heterocycles. The van der Waals surface area contributed by atoms with Gasteiger partial charge in [0.1, 0.15) is 0 Å². The molecule has 8 heteroatoms. The first-order valence-electron chi connectivity index (χ1n) is 11.8. The summed E-state index contributed by atoms with van der Waals surface area (Å²) in [6.45, 7) is 3.18. The summed E-state index contributed by atoms with van der Waals surface area (Å²) in [5.41, 5.74) is 4.84. The third-order valence-electron chi connectivity index (χ3n) is 6.91. The van der Waals surface area contributed by atoms with Crippen molar-refractivity contribution >= 4 is 21.7 Å². The van der Waals surface area contributed by atoms with E-state index in [9.17, 15) is 4.79 Å². The van der Waals surface area contributed by atoms with E-state index in [1.165, 1.54) is 0 Å². The summed E-state index contributed by atoms with van der Waals surface area (Å²) in [5, 5.41) is 6.30. The Balaban J connectivity index is 1.30. The Hall–Kier alpha value is -4.17. The van der Waals surface area contributed by atoms with Crippen molar-refractivity contribution in [3.05, 3.63) is 82.7 Å². The fourth-order valence-electron chi connectivity index (χ4n) is 5.17. The van der Waals surface area contributed by atoms with Gasteiger partial charge in [-0.15, -0.1) is 0 Å². The molecule has 0 saturated carbocycles. The predicted molar refractivity (Wildman–Crippen MR) is 133 cm³/mol. The molecule has 35 heavy (non-hydrogen) atoms. The summed E-state index contributed by atoms with van der Waals surface area (Å²) in [6.07, 6.45) is 6.60. The lowest BCUT2D eigenvalue weighted by Crippen LogP contribution is -2.20. The summed E-state index contributed by atoms with van der Waals surface area (Å²) in [4.78, 5) is 22.5. The zero-order chi connectivity index (χ0) is 23.4. The summed E-state index contributed by atoms with van der Waals surface area (Å²) >= 11 is 0. The highest BCUT2D eigenvalue weighted by atomic mass is 16.7. The van der Waals surface area contributed by atoms with E-state index < -0.39 is 0 Å². The number of hydrogen-bond donors (Lipinski definition) is 1. The molecule has 0 spiro atoms. The molecule has 2 aromatic carbocycles. The fraction of sp³-hybridized carbons (Fsp3) is 0.222.